The van der Waals surface area contributed by atoms with Crippen LogP contribution in [0.1, 0.15) is 31.9 Å². The minimum absolute atomic E-state index is 0.0950. The van der Waals surface area contributed by atoms with E-state index in [2.05, 4.69) is 11.9 Å². The summed E-state index contributed by atoms with van der Waals surface area (Å²) in [6.45, 7) is 5.65. The molecule has 19 heavy (non-hydrogen) atoms. The Morgan fingerprint density at radius 3 is 2.79 bits per heavy atom. The van der Waals surface area contributed by atoms with E-state index < -0.39 is 0 Å². The number of rotatable bonds is 4. The summed E-state index contributed by atoms with van der Waals surface area (Å²) in [5, 5.41) is 10.2. The van der Waals surface area contributed by atoms with Crippen molar-refractivity contribution < 1.29 is 9.84 Å². The second kappa shape index (κ2) is 5.80. The lowest BCUT2D eigenvalue weighted by Gasteiger charge is -2.24. The summed E-state index contributed by atoms with van der Waals surface area (Å²) in [5.41, 5.74) is 6.67. The number of hydrogen-bond donors (Lipinski definition) is 2. The predicted molar refractivity (Wildman–Crippen MR) is 76.4 cm³/mol. The van der Waals surface area contributed by atoms with E-state index in [4.69, 9.17) is 10.5 Å². The lowest BCUT2D eigenvalue weighted by atomic mass is 9.98. The van der Waals surface area contributed by atoms with Crippen LogP contribution in [0.3, 0.4) is 0 Å². The van der Waals surface area contributed by atoms with E-state index in [0.717, 1.165) is 24.3 Å². The number of nitrogens with two attached hydrogens (primary N) is 1. The molecule has 0 bridgehead atoms. The number of ether oxygens (including phenoxy) is 1. The lowest BCUT2D eigenvalue weighted by Crippen LogP contribution is -2.21. The fraction of sp³-hybridized carbons (Fsp3) is 0.600. The van der Waals surface area contributed by atoms with Gasteiger partial charge in [-0.1, -0.05) is 6.07 Å². The molecule has 2 rings (SSSR count). The number of likely N-dealkylation sites (tertiary alicyclic amines) is 1. The quantitative estimate of drug-likeness (QED) is 0.874. The van der Waals surface area contributed by atoms with Crippen molar-refractivity contribution in [1.82, 2.24) is 4.90 Å². The average Bonchev–Trinajstić information content (AvgIpc) is 2.70. The van der Waals surface area contributed by atoms with Crippen molar-refractivity contribution in [2.45, 2.75) is 32.4 Å². The Labute approximate surface area is 115 Å². The first-order chi connectivity index (χ1) is 9.02. The van der Waals surface area contributed by atoms with Gasteiger partial charge in [0.1, 0.15) is 11.5 Å². The van der Waals surface area contributed by atoms with Crippen LogP contribution in [0.5, 0.6) is 11.5 Å². The van der Waals surface area contributed by atoms with Crippen molar-refractivity contribution in [3.8, 4) is 11.5 Å². The third kappa shape index (κ3) is 3.01. The van der Waals surface area contributed by atoms with Crippen LogP contribution in [0, 0.1) is 5.92 Å². The van der Waals surface area contributed by atoms with E-state index >= 15 is 0 Å². The molecular weight excluding hydrogens is 240 g/mol. The third-order valence-electron chi connectivity index (χ3n) is 3.71. The molecule has 0 spiro atoms. The summed E-state index contributed by atoms with van der Waals surface area (Å²) in [4.78, 5) is 2.25. The molecule has 2 unspecified atom stereocenters. The van der Waals surface area contributed by atoms with Gasteiger partial charge in [-0.3, -0.25) is 4.90 Å². The Kier molecular flexibility index (Phi) is 4.32. The van der Waals surface area contributed by atoms with Crippen LogP contribution in [0.2, 0.25) is 0 Å². The molecule has 3 N–H and O–H groups in total. The van der Waals surface area contributed by atoms with E-state index in [9.17, 15) is 5.11 Å². The standard InChI is InChI=1S/C15H24N2O2/c1-10(2)19-14-6-4-5-13(18)15(14)12-7-11(8-16)9-17(12)3/h4-6,10-12,18H,7-9,16H2,1-3H3. The molecule has 1 heterocycles. The van der Waals surface area contributed by atoms with Crippen LogP contribution in [-0.2, 0) is 0 Å². The topological polar surface area (TPSA) is 58.7 Å². The average molecular weight is 264 g/mol. The maximum atomic E-state index is 10.2. The lowest BCUT2D eigenvalue weighted by molar-refractivity contribution is 0.227. The van der Waals surface area contributed by atoms with E-state index in [1.807, 2.05) is 26.0 Å². The highest BCUT2D eigenvalue weighted by molar-refractivity contribution is 5.46. The van der Waals surface area contributed by atoms with Crippen LogP contribution in [0.15, 0.2) is 18.2 Å². The maximum absolute atomic E-state index is 10.2. The Bertz CT molecular complexity index is 434. The number of nitrogens with zero attached hydrogens (tertiary/aromatic N) is 1. The molecule has 1 aromatic carbocycles. The monoisotopic (exact) mass is 264 g/mol. The smallest absolute Gasteiger partial charge is 0.128 e. The summed E-state index contributed by atoms with van der Waals surface area (Å²) in [7, 11) is 2.08. The van der Waals surface area contributed by atoms with Gasteiger partial charge in [0.2, 0.25) is 0 Å². The van der Waals surface area contributed by atoms with Gasteiger partial charge in [-0.25, -0.2) is 0 Å². The van der Waals surface area contributed by atoms with Crippen LogP contribution >= 0.6 is 0 Å². The van der Waals surface area contributed by atoms with E-state index in [1.54, 1.807) is 6.07 Å². The predicted octanol–water partition coefficient (Wildman–Crippen LogP) is 2.13. The summed E-state index contributed by atoms with van der Waals surface area (Å²) in [5.74, 6) is 1.58. The molecule has 1 fully saturated rings. The fourth-order valence-electron chi connectivity index (χ4n) is 2.84. The molecule has 1 aliphatic heterocycles. The maximum Gasteiger partial charge on any atom is 0.128 e. The Balaban J connectivity index is 2.32. The second-order valence-electron chi connectivity index (χ2n) is 5.65. The fourth-order valence-corrected chi connectivity index (χ4v) is 2.84. The van der Waals surface area contributed by atoms with Crippen molar-refractivity contribution in [1.29, 1.82) is 0 Å². The van der Waals surface area contributed by atoms with Gasteiger partial charge in [-0.2, -0.15) is 0 Å². The van der Waals surface area contributed by atoms with Crippen molar-refractivity contribution >= 4 is 0 Å². The van der Waals surface area contributed by atoms with E-state index in [0.29, 0.717) is 18.2 Å². The number of aromatic hydroxyl groups is 1. The molecule has 0 radical (unpaired) electrons. The third-order valence-corrected chi connectivity index (χ3v) is 3.71. The molecule has 0 aliphatic carbocycles. The van der Waals surface area contributed by atoms with Gasteiger partial charge in [-0.15, -0.1) is 0 Å². The molecule has 0 aromatic heterocycles. The van der Waals surface area contributed by atoms with Gasteiger partial charge in [0, 0.05) is 12.6 Å². The van der Waals surface area contributed by atoms with Crippen LogP contribution in [0.4, 0.5) is 0 Å². The number of hydrogen-bond acceptors (Lipinski definition) is 4. The largest absolute Gasteiger partial charge is 0.507 e. The van der Waals surface area contributed by atoms with Crippen molar-refractivity contribution in [3.63, 3.8) is 0 Å². The zero-order valence-electron chi connectivity index (χ0n) is 12.0. The highest BCUT2D eigenvalue weighted by Gasteiger charge is 2.33. The molecular formula is C15H24N2O2. The first-order valence-electron chi connectivity index (χ1n) is 6.91. The first-order valence-corrected chi connectivity index (χ1v) is 6.91. The highest BCUT2D eigenvalue weighted by atomic mass is 16.5. The van der Waals surface area contributed by atoms with Gasteiger partial charge in [0.15, 0.2) is 0 Å². The molecule has 4 heteroatoms. The molecule has 1 saturated heterocycles. The van der Waals surface area contributed by atoms with Gasteiger partial charge >= 0.3 is 0 Å². The highest BCUT2D eigenvalue weighted by Crippen LogP contribution is 2.42. The van der Waals surface area contributed by atoms with Crippen LogP contribution < -0.4 is 10.5 Å². The van der Waals surface area contributed by atoms with Crippen molar-refractivity contribution in [3.05, 3.63) is 23.8 Å². The van der Waals surface area contributed by atoms with Gasteiger partial charge < -0.3 is 15.6 Å². The summed E-state index contributed by atoms with van der Waals surface area (Å²) >= 11 is 0. The van der Waals surface area contributed by atoms with Crippen molar-refractivity contribution in [2.24, 2.45) is 11.7 Å². The first kappa shape index (κ1) is 14.2. The number of phenolic OH excluding ortho intramolecular Hbond substituents is 1. The minimum atomic E-state index is 0.0950. The van der Waals surface area contributed by atoms with Gasteiger partial charge in [0.05, 0.1) is 11.7 Å². The minimum Gasteiger partial charge on any atom is -0.507 e. The molecule has 0 saturated carbocycles. The normalized spacial score (nSPS) is 24.1. The summed E-state index contributed by atoms with van der Waals surface area (Å²) in [6, 6.07) is 5.67. The SMILES string of the molecule is CC(C)Oc1cccc(O)c1C1CC(CN)CN1C. The molecule has 1 aliphatic rings. The molecule has 4 nitrogen and oxygen atoms in total. The Morgan fingerprint density at radius 2 is 2.21 bits per heavy atom. The van der Waals surface area contributed by atoms with E-state index in [1.165, 1.54) is 0 Å². The Hall–Kier alpha value is -1.26. The van der Waals surface area contributed by atoms with Gasteiger partial charge in [0.25, 0.3) is 0 Å². The van der Waals surface area contributed by atoms with Crippen molar-refractivity contribution in [2.75, 3.05) is 20.1 Å². The summed E-state index contributed by atoms with van der Waals surface area (Å²) in [6.07, 6.45) is 1.07. The molecule has 1 aromatic rings. The molecule has 2 atom stereocenters. The summed E-state index contributed by atoms with van der Waals surface area (Å²) < 4.78 is 5.84. The molecule has 106 valence electrons. The van der Waals surface area contributed by atoms with Crippen LogP contribution in [0.25, 0.3) is 0 Å². The zero-order chi connectivity index (χ0) is 14.0. The Morgan fingerprint density at radius 1 is 1.47 bits per heavy atom. The number of phenols is 1. The van der Waals surface area contributed by atoms with E-state index in [-0.39, 0.29) is 12.1 Å². The van der Waals surface area contributed by atoms with Gasteiger partial charge in [-0.05, 0) is 51.9 Å². The molecule has 0 amide bonds. The second-order valence-corrected chi connectivity index (χ2v) is 5.65. The zero-order valence-corrected chi connectivity index (χ0v) is 12.0. The van der Waals surface area contributed by atoms with Crippen LogP contribution in [-0.4, -0.2) is 36.2 Å². The number of benzene rings is 1.